The largest absolute Gasteiger partial charge is 0.419 e. The maximum atomic E-state index is 13.3. The average molecular weight is 527 g/mol. The molecule has 1 aliphatic rings. The van der Waals surface area contributed by atoms with Gasteiger partial charge in [0.05, 0.1) is 18.1 Å². The van der Waals surface area contributed by atoms with E-state index in [1.807, 2.05) is 24.3 Å². The number of nitrogens with zero attached hydrogens (tertiary/aromatic N) is 2. The van der Waals surface area contributed by atoms with Crippen LogP contribution < -0.4 is 5.32 Å². The Morgan fingerprint density at radius 2 is 1.74 bits per heavy atom. The van der Waals surface area contributed by atoms with Crippen LogP contribution >= 0.6 is 27.5 Å². The molecule has 4 rings (SSSR count). The molecule has 0 amide bonds. The minimum atomic E-state index is -3.91. The highest BCUT2D eigenvalue weighted by molar-refractivity contribution is 9.10. The highest BCUT2D eigenvalue weighted by Gasteiger charge is 2.28. The third kappa shape index (κ3) is 5.30. The number of aromatic nitrogens is 1. The van der Waals surface area contributed by atoms with Gasteiger partial charge in [0.2, 0.25) is 26.6 Å². The lowest BCUT2D eigenvalue weighted by molar-refractivity contribution is 0.0398. The van der Waals surface area contributed by atoms with Crippen molar-refractivity contribution in [3.05, 3.63) is 58.0 Å². The topological polar surface area (TPSA) is 84.7 Å². The number of ether oxygens (including phenoxy) is 1. The van der Waals surface area contributed by atoms with Crippen LogP contribution in [0, 0.1) is 0 Å². The minimum absolute atomic E-state index is 0.101. The van der Waals surface area contributed by atoms with E-state index in [2.05, 4.69) is 31.1 Å². The SMILES string of the molecule is O=S(=O)(c1ccc(Cl)cc1)c1nc(-c2ccc(Br)cc2)oc1NCCN1CCOCC1. The molecule has 0 unspecified atom stereocenters. The Morgan fingerprint density at radius 3 is 2.42 bits per heavy atom. The van der Waals surface area contributed by atoms with Gasteiger partial charge < -0.3 is 14.5 Å². The van der Waals surface area contributed by atoms with Gasteiger partial charge in [-0.1, -0.05) is 27.5 Å². The van der Waals surface area contributed by atoms with Crippen molar-refractivity contribution in [2.24, 2.45) is 0 Å². The quantitative estimate of drug-likeness (QED) is 0.490. The fourth-order valence-electron chi connectivity index (χ4n) is 3.19. The summed E-state index contributed by atoms with van der Waals surface area (Å²) in [6.45, 7) is 4.34. The minimum Gasteiger partial charge on any atom is -0.419 e. The number of benzene rings is 2. The number of oxazole rings is 1. The average Bonchev–Trinajstić information content (AvgIpc) is 3.20. The monoisotopic (exact) mass is 525 g/mol. The first kappa shape index (κ1) is 22.3. The standard InChI is InChI=1S/C21H21BrClN3O4S/c22-16-3-1-15(2-4-16)19-25-21(31(27,28)18-7-5-17(23)6-8-18)20(30-19)24-9-10-26-11-13-29-14-12-26/h1-8,24H,9-14H2. The summed E-state index contributed by atoms with van der Waals surface area (Å²) >= 11 is 9.31. The van der Waals surface area contributed by atoms with Crippen molar-refractivity contribution in [1.29, 1.82) is 0 Å². The van der Waals surface area contributed by atoms with Crippen LogP contribution in [0.15, 0.2) is 67.3 Å². The Morgan fingerprint density at radius 1 is 1.06 bits per heavy atom. The van der Waals surface area contributed by atoms with Gasteiger partial charge in [-0.3, -0.25) is 4.90 Å². The molecule has 0 spiro atoms. The van der Waals surface area contributed by atoms with Gasteiger partial charge in [-0.2, -0.15) is 4.98 Å². The van der Waals surface area contributed by atoms with Gasteiger partial charge >= 0.3 is 0 Å². The highest BCUT2D eigenvalue weighted by atomic mass is 79.9. The smallest absolute Gasteiger partial charge is 0.233 e. The van der Waals surface area contributed by atoms with Crippen molar-refractivity contribution >= 4 is 43.3 Å². The second-order valence-electron chi connectivity index (χ2n) is 7.00. The molecule has 1 aliphatic heterocycles. The van der Waals surface area contributed by atoms with Crippen molar-refractivity contribution in [3.63, 3.8) is 0 Å². The number of hydrogen-bond acceptors (Lipinski definition) is 7. The highest BCUT2D eigenvalue weighted by Crippen LogP contribution is 2.33. The molecule has 3 aromatic rings. The molecule has 1 fully saturated rings. The van der Waals surface area contributed by atoms with Crippen molar-refractivity contribution in [1.82, 2.24) is 9.88 Å². The summed E-state index contributed by atoms with van der Waals surface area (Å²) in [4.78, 5) is 6.69. The van der Waals surface area contributed by atoms with Crippen LogP contribution in [0.25, 0.3) is 11.5 Å². The number of nitrogens with one attached hydrogen (secondary N) is 1. The fourth-order valence-corrected chi connectivity index (χ4v) is 4.86. The van der Waals surface area contributed by atoms with E-state index >= 15 is 0 Å². The Labute approximate surface area is 194 Å². The van der Waals surface area contributed by atoms with E-state index in [4.69, 9.17) is 20.8 Å². The molecule has 31 heavy (non-hydrogen) atoms. The molecular weight excluding hydrogens is 506 g/mol. The van der Waals surface area contributed by atoms with Crippen LogP contribution in [0.1, 0.15) is 0 Å². The van der Waals surface area contributed by atoms with Gasteiger partial charge in [0.1, 0.15) is 0 Å². The van der Waals surface area contributed by atoms with E-state index in [1.165, 1.54) is 24.3 Å². The van der Waals surface area contributed by atoms with Gasteiger partial charge in [0.25, 0.3) is 0 Å². The molecule has 10 heteroatoms. The molecule has 0 bridgehead atoms. The van der Waals surface area contributed by atoms with E-state index in [1.54, 1.807) is 0 Å². The number of anilines is 1. The molecule has 2 heterocycles. The van der Waals surface area contributed by atoms with Gasteiger partial charge in [-0.15, -0.1) is 0 Å². The number of morpholine rings is 1. The van der Waals surface area contributed by atoms with Gasteiger partial charge in [0, 0.05) is 41.2 Å². The maximum Gasteiger partial charge on any atom is 0.233 e. The van der Waals surface area contributed by atoms with Crippen LogP contribution in [-0.4, -0.2) is 57.7 Å². The van der Waals surface area contributed by atoms with Gasteiger partial charge in [-0.05, 0) is 48.5 Å². The molecule has 1 aromatic heterocycles. The summed E-state index contributed by atoms with van der Waals surface area (Å²) in [5.74, 6) is 0.357. The third-order valence-corrected chi connectivity index (χ3v) is 7.34. The third-order valence-electron chi connectivity index (χ3n) is 4.88. The summed E-state index contributed by atoms with van der Waals surface area (Å²) in [5, 5.41) is 3.44. The lowest BCUT2D eigenvalue weighted by Gasteiger charge is -2.26. The van der Waals surface area contributed by atoms with Crippen molar-refractivity contribution in [3.8, 4) is 11.5 Å². The lowest BCUT2D eigenvalue weighted by atomic mass is 10.2. The second-order valence-corrected chi connectivity index (χ2v) is 10.2. The Kier molecular flexibility index (Phi) is 6.98. The first-order valence-corrected chi connectivity index (χ1v) is 12.4. The molecule has 0 radical (unpaired) electrons. The lowest BCUT2D eigenvalue weighted by Crippen LogP contribution is -2.39. The number of hydrogen-bond donors (Lipinski definition) is 1. The molecule has 7 nitrogen and oxygen atoms in total. The molecule has 1 saturated heterocycles. The van der Waals surface area contributed by atoms with Crippen LogP contribution in [0.5, 0.6) is 0 Å². The normalized spacial score (nSPS) is 15.2. The maximum absolute atomic E-state index is 13.3. The van der Waals surface area contributed by atoms with E-state index in [9.17, 15) is 8.42 Å². The summed E-state index contributed by atoms with van der Waals surface area (Å²) < 4.78 is 38.7. The number of sulfone groups is 1. The molecule has 0 aliphatic carbocycles. The zero-order valence-electron chi connectivity index (χ0n) is 16.6. The van der Waals surface area contributed by atoms with Crippen LogP contribution in [0.3, 0.4) is 0 Å². The van der Waals surface area contributed by atoms with Crippen LogP contribution in [0.4, 0.5) is 5.88 Å². The van der Waals surface area contributed by atoms with Crippen molar-refractivity contribution in [2.45, 2.75) is 9.92 Å². The van der Waals surface area contributed by atoms with Gasteiger partial charge in [-0.25, -0.2) is 8.42 Å². The van der Waals surface area contributed by atoms with E-state index in [0.29, 0.717) is 30.3 Å². The van der Waals surface area contributed by atoms with E-state index < -0.39 is 9.84 Å². The van der Waals surface area contributed by atoms with Crippen LogP contribution in [-0.2, 0) is 14.6 Å². The predicted octanol–water partition coefficient (Wildman–Crippen LogP) is 4.33. The molecule has 1 N–H and O–H groups in total. The molecule has 0 saturated carbocycles. The number of halogens is 2. The summed E-state index contributed by atoms with van der Waals surface area (Å²) in [5.41, 5.74) is 0.678. The Balaban J connectivity index is 1.64. The van der Waals surface area contributed by atoms with Gasteiger partial charge in [0.15, 0.2) is 0 Å². The second kappa shape index (κ2) is 9.70. The Bertz CT molecular complexity index is 1130. The predicted molar refractivity (Wildman–Crippen MR) is 122 cm³/mol. The summed E-state index contributed by atoms with van der Waals surface area (Å²) in [7, 11) is -3.91. The van der Waals surface area contributed by atoms with E-state index in [-0.39, 0.29) is 21.7 Å². The van der Waals surface area contributed by atoms with Crippen molar-refractivity contribution < 1.29 is 17.6 Å². The molecule has 164 valence electrons. The molecule has 0 atom stereocenters. The zero-order valence-corrected chi connectivity index (χ0v) is 19.7. The Hall–Kier alpha value is -1.91. The van der Waals surface area contributed by atoms with Crippen molar-refractivity contribution in [2.75, 3.05) is 44.7 Å². The zero-order chi connectivity index (χ0) is 21.8. The van der Waals surface area contributed by atoms with Crippen LogP contribution in [0.2, 0.25) is 5.02 Å². The first-order valence-electron chi connectivity index (χ1n) is 9.75. The van der Waals surface area contributed by atoms with E-state index in [0.717, 1.165) is 24.1 Å². The summed E-state index contributed by atoms with van der Waals surface area (Å²) in [6.07, 6.45) is 0. The molecular formula is C21H21BrClN3O4S. The number of rotatable bonds is 7. The fraction of sp³-hybridized carbons (Fsp3) is 0.286. The molecule has 2 aromatic carbocycles. The first-order chi connectivity index (χ1) is 14.9. The summed E-state index contributed by atoms with van der Waals surface area (Å²) in [6, 6.07) is 13.3.